The van der Waals surface area contributed by atoms with E-state index in [4.69, 9.17) is 20.6 Å². The molecule has 35 heavy (non-hydrogen) atoms. The average molecular weight is 492 g/mol. The minimum atomic E-state index is -0.561. The lowest BCUT2D eigenvalue weighted by molar-refractivity contribution is -0.155. The lowest BCUT2D eigenvalue weighted by Gasteiger charge is -2.32. The van der Waals surface area contributed by atoms with Crippen molar-refractivity contribution in [1.29, 1.82) is 0 Å². The fourth-order valence-corrected chi connectivity index (χ4v) is 5.76. The number of esters is 1. The summed E-state index contributed by atoms with van der Waals surface area (Å²) in [5.74, 6) is 6.59. The molecular formula is C27H33N5O2S. The van der Waals surface area contributed by atoms with Gasteiger partial charge in [0.2, 0.25) is 0 Å². The topological polar surface area (TPSA) is 83.5 Å². The molecule has 0 saturated carbocycles. The van der Waals surface area contributed by atoms with E-state index in [0.717, 1.165) is 33.2 Å². The molecule has 8 heteroatoms. The summed E-state index contributed by atoms with van der Waals surface area (Å²) in [7, 11) is 1.94. The number of nitrogens with two attached hydrogens (primary N) is 1. The van der Waals surface area contributed by atoms with Crippen molar-refractivity contribution in [2.24, 2.45) is 15.8 Å². The summed E-state index contributed by atoms with van der Waals surface area (Å²) in [6, 6.07) is 7.69. The number of benzene rings is 1. The van der Waals surface area contributed by atoms with Crippen LogP contribution in [0.25, 0.3) is 0 Å². The fourth-order valence-electron chi connectivity index (χ4n) is 4.53. The van der Waals surface area contributed by atoms with E-state index in [1.165, 1.54) is 10.4 Å². The van der Waals surface area contributed by atoms with Crippen LogP contribution in [0.5, 0.6) is 0 Å². The second-order valence-electron chi connectivity index (χ2n) is 9.89. The summed E-state index contributed by atoms with van der Waals surface area (Å²) in [4.78, 5) is 21.7. The number of carbonyl (C=O) groups is 1. The maximum absolute atomic E-state index is 12.9. The zero-order valence-corrected chi connectivity index (χ0v) is 22.3. The maximum atomic E-state index is 12.9. The molecule has 0 aliphatic carbocycles. The molecule has 2 aromatic rings. The van der Waals surface area contributed by atoms with Crippen LogP contribution in [0.15, 0.2) is 34.4 Å². The van der Waals surface area contributed by atoms with Crippen LogP contribution in [0.3, 0.4) is 0 Å². The monoisotopic (exact) mass is 491 g/mol. The third kappa shape index (κ3) is 4.97. The first kappa shape index (κ1) is 25.0. The SMILES string of the molecule is CC1=NN(C)C2[C@H](CC(=O)OC(C)(C)C)N=C(c3ccc(C#CCN)cc3)c3c(sc(C)c3C)N12. The van der Waals surface area contributed by atoms with Gasteiger partial charge in [-0.2, -0.15) is 5.10 Å². The van der Waals surface area contributed by atoms with Crippen LogP contribution < -0.4 is 10.6 Å². The summed E-state index contributed by atoms with van der Waals surface area (Å²) < 4.78 is 5.68. The largest absolute Gasteiger partial charge is 0.460 e. The normalized spacial score (nSPS) is 19.2. The van der Waals surface area contributed by atoms with E-state index in [1.54, 1.807) is 11.3 Å². The first-order valence-electron chi connectivity index (χ1n) is 11.8. The summed E-state index contributed by atoms with van der Waals surface area (Å²) >= 11 is 1.74. The van der Waals surface area contributed by atoms with Gasteiger partial charge < -0.3 is 10.5 Å². The first-order valence-corrected chi connectivity index (χ1v) is 12.6. The highest BCUT2D eigenvalue weighted by atomic mass is 32.1. The number of nitrogens with zero attached hydrogens (tertiary/aromatic N) is 4. The average Bonchev–Trinajstić information content (AvgIpc) is 3.17. The number of hydrogen-bond donors (Lipinski definition) is 1. The zero-order valence-electron chi connectivity index (χ0n) is 21.5. The molecule has 184 valence electrons. The molecule has 1 aromatic carbocycles. The molecule has 0 radical (unpaired) electrons. The Morgan fingerprint density at radius 1 is 1.20 bits per heavy atom. The number of thiophene rings is 1. The molecule has 0 spiro atoms. The molecular weight excluding hydrogens is 458 g/mol. The number of hydrazone groups is 1. The zero-order chi connectivity index (χ0) is 25.5. The number of ether oxygens (including phenoxy) is 1. The third-order valence-corrected chi connectivity index (χ3v) is 7.26. The Morgan fingerprint density at radius 3 is 2.51 bits per heavy atom. The molecule has 1 unspecified atom stereocenters. The quantitative estimate of drug-likeness (QED) is 0.518. The van der Waals surface area contributed by atoms with Gasteiger partial charge in [0.15, 0.2) is 0 Å². The van der Waals surface area contributed by atoms with E-state index in [0.29, 0.717) is 6.54 Å². The molecule has 2 aliphatic heterocycles. The Balaban J connectivity index is 1.86. The Morgan fingerprint density at radius 2 is 1.89 bits per heavy atom. The van der Waals surface area contributed by atoms with Gasteiger partial charge in [0.05, 0.1) is 18.7 Å². The number of likely N-dealkylation sites (N-methyl/N-ethyl adjacent to an activating group) is 1. The van der Waals surface area contributed by atoms with Crippen molar-refractivity contribution in [3.63, 3.8) is 0 Å². The maximum Gasteiger partial charge on any atom is 0.308 e. The molecule has 4 rings (SSSR count). The molecule has 7 nitrogen and oxygen atoms in total. The summed E-state index contributed by atoms with van der Waals surface area (Å²) in [5, 5.41) is 7.74. The van der Waals surface area contributed by atoms with Crippen LogP contribution in [0.4, 0.5) is 5.00 Å². The number of anilines is 1. The molecule has 3 heterocycles. The van der Waals surface area contributed by atoms with Crippen molar-refractivity contribution in [1.82, 2.24) is 5.01 Å². The van der Waals surface area contributed by atoms with E-state index in [2.05, 4.69) is 30.6 Å². The minimum absolute atomic E-state index is 0.155. The van der Waals surface area contributed by atoms with Gasteiger partial charge in [-0.3, -0.25) is 19.7 Å². The highest BCUT2D eigenvalue weighted by molar-refractivity contribution is 7.17. The van der Waals surface area contributed by atoms with E-state index in [9.17, 15) is 4.79 Å². The molecule has 1 aromatic heterocycles. The minimum Gasteiger partial charge on any atom is -0.460 e. The molecule has 0 amide bonds. The van der Waals surface area contributed by atoms with E-state index >= 15 is 0 Å². The Kier molecular flexibility index (Phi) is 6.76. The van der Waals surface area contributed by atoms with Gasteiger partial charge in [-0.1, -0.05) is 24.0 Å². The molecule has 0 fully saturated rings. The van der Waals surface area contributed by atoms with Crippen molar-refractivity contribution in [2.45, 2.75) is 65.8 Å². The summed E-state index contributed by atoms with van der Waals surface area (Å²) in [6.07, 6.45) is -0.0619. The van der Waals surface area contributed by atoms with E-state index in [-0.39, 0.29) is 24.6 Å². The molecule has 0 saturated heterocycles. The van der Waals surface area contributed by atoms with E-state index < -0.39 is 5.60 Å². The van der Waals surface area contributed by atoms with Gasteiger partial charge >= 0.3 is 5.97 Å². The van der Waals surface area contributed by atoms with Gasteiger partial charge in [0.1, 0.15) is 28.6 Å². The molecule has 2 N–H and O–H groups in total. The van der Waals surface area contributed by atoms with Crippen LogP contribution in [-0.4, -0.2) is 53.9 Å². The lowest BCUT2D eigenvalue weighted by atomic mass is 9.98. The predicted molar refractivity (Wildman–Crippen MR) is 143 cm³/mol. The molecule has 0 bridgehead atoms. The number of hydrogen-bond acceptors (Lipinski definition) is 8. The van der Waals surface area contributed by atoms with Gasteiger partial charge in [-0.05, 0) is 59.2 Å². The van der Waals surface area contributed by atoms with Crippen LogP contribution in [0, 0.1) is 25.7 Å². The van der Waals surface area contributed by atoms with Gasteiger partial charge in [-0.25, -0.2) is 0 Å². The summed E-state index contributed by atoms with van der Waals surface area (Å²) in [6.45, 7) is 12.2. The number of aryl methyl sites for hydroxylation is 1. The Hall–Kier alpha value is -3.15. The van der Waals surface area contributed by atoms with Crippen LogP contribution in [-0.2, 0) is 9.53 Å². The number of rotatable bonds is 3. The lowest BCUT2D eigenvalue weighted by Crippen LogP contribution is -2.48. The van der Waals surface area contributed by atoms with Crippen LogP contribution >= 0.6 is 11.3 Å². The predicted octanol–water partition coefficient (Wildman–Crippen LogP) is 4.04. The second kappa shape index (κ2) is 9.48. The number of aliphatic imine (C=N–C) groups is 1. The van der Waals surface area contributed by atoms with Gasteiger partial charge in [0, 0.05) is 28.6 Å². The fraction of sp³-hybridized carbons (Fsp3) is 0.444. The molecule has 2 atom stereocenters. The Bertz CT molecular complexity index is 1260. The van der Waals surface area contributed by atoms with Gasteiger partial charge in [0.25, 0.3) is 0 Å². The van der Waals surface area contributed by atoms with Crippen molar-refractivity contribution >= 4 is 33.9 Å². The van der Waals surface area contributed by atoms with Crippen LogP contribution in [0.1, 0.15) is 61.2 Å². The summed E-state index contributed by atoms with van der Waals surface area (Å²) in [5.41, 5.74) is 10.0. The smallest absolute Gasteiger partial charge is 0.308 e. The third-order valence-electron chi connectivity index (χ3n) is 6.05. The standard InChI is InChI=1S/C27H33N5O2S/c1-16-17(2)35-26-23(16)24(20-12-10-19(11-13-20)9-8-14-28)29-21(15-22(33)34-27(4,5)6)25-31(7)30-18(3)32(25)26/h10-13,21,25H,14-15,28H2,1-7H3/t21-,25?/m0/s1. The highest BCUT2D eigenvalue weighted by Gasteiger charge is 2.43. The second-order valence-corrected chi connectivity index (χ2v) is 11.1. The van der Waals surface area contributed by atoms with Gasteiger partial charge in [-0.15, -0.1) is 11.3 Å². The highest BCUT2D eigenvalue weighted by Crippen LogP contribution is 2.43. The number of amidine groups is 1. The van der Waals surface area contributed by atoms with Crippen molar-refractivity contribution < 1.29 is 9.53 Å². The van der Waals surface area contributed by atoms with Crippen molar-refractivity contribution in [2.75, 3.05) is 18.5 Å². The number of carbonyl (C=O) groups excluding carboxylic acids is 1. The van der Waals surface area contributed by atoms with Crippen molar-refractivity contribution in [3.8, 4) is 11.8 Å². The molecule has 2 aliphatic rings. The number of fused-ring (bicyclic) bond motifs is 3. The Labute approximate surface area is 211 Å². The first-order chi connectivity index (χ1) is 16.5. The van der Waals surface area contributed by atoms with Crippen LogP contribution in [0.2, 0.25) is 0 Å². The van der Waals surface area contributed by atoms with Crippen molar-refractivity contribution in [3.05, 3.63) is 51.4 Å². The van der Waals surface area contributed by atoms with E-state index in [1.807, 2.05) is 64.0 Å².